The first-order valence-corrected chi connectivity index (χ1v) is 8.50. The summed E-state index contributed by atoms with van der Waals surface area (Å²) in [6, 6.07) is 8.90. The zero-order valence-electron chi connectivity index (χ0n) is 15.6. The number of rotatable bonds is 3. The molecule has 1 atom stereocenters. The summed E-state index contributed by atoms with van der Waals surface area (Å²) in [7, 11) is 1.77. The molecule has 5 nitrogen and oxygen atoms in total. The number of ether oxygens (including phenoxy) is 1. The molecule has 0 saturated heterocycles. The molecule has 1 aliphatic rings. The summed E-state index contributed by atoms with van der Waals surface area (Å²) in [6.45, 7) is 10.4. The fourth-order valence-electron chi connectivity index (χ4n) is 4.12. The minimum Gasteiger partial charge on any atom is -0.422 e. The topological polar surface area (TPSA) is 73.7 Å². The van der Waals surface area contributed by atoms with Gasteiger partial charge in [0.1, 0.15) is 11.6 Å². The number of aryl methyl sites for hydroxylation is 3. The van der Waals surface area contributed by atoms with Crippen LogP contribution < -0.4 is 10.1 Å². The Morgan fingerprint density at radius 3 is 2.36 bits per heavy atom. The van der Waals surface area contributed by atoms with E-state index in [1.165, 1.54) is 11.1 Å². The van der Waals surface area contributed by atoms with E-state index in [0.717, 1.165) is 16.8 Å². The number of aromatic amines is 1. The SMILES string of the molecule is CNC1=C(C#N)C(c2cc(C)cc(C)c2)(C(C)C)c2c(C)n[nH]c2O1. The summed E-state index contributed by atoms with van der Waals surface area (Å²) in [6.07, 6.45) is 0. The Morgan fingerprint density at radius 2 is 1.84 bits per heavy atom. The van der Waals surface area contributed by atoms with Crippen LogP contribution in [0.15, 0.2) is 29.7 Å². The number of benzene rings is 1. The summed E-state index contributed by atoms with van der Waals surface area (Å²) in [4.78, 5) is 0. The van der Waals surface area contributed by atoms with Crippen molar-refractivity contribution in [3.8, 4) is 11.9 Å². The highest BCUT2D eigenvalue weighted by Gasteiger charge is 2.50. The summed E-state index contributed by atoms with van der Waals surface area (Å²) < 4.78 is 5.92. The van der Waals surface area contributed by atoms with Gasteiger partial charge in [0.05, 0.1) is 16.7 Å². The van der Waals surface area contributed by atoms with Crippen molar-refractivity contribution in [1.82, 2.24) is 15.5 Å². The van der Waals surface area contributed by atoms with Crippen molar-refractivity contribution in [2.75, 3.05) is 7.05 Å². The van der Waals surface area contributed by atoms with Gasteiger partial charge < -0.3 is 10.1 Å². The molecule has 2 heterocycles. The maximum Gasteiger partial charge on any atom is 0.222 e. The van der Waals surface area contributed by atoms with Crippen molar-refractivity contribution in [3.63, 3.8) is 0 Å². The lowest BCUT2D eigenvalue weighted by atomic mass is 9.61. The molecule has 0 bridgehead atoms. The van der Waals surface area contributed by atoms with Gasteiger partial charge in [0.25, 0.3) is 0 Å². The Bertz CT molecular complexity index is 881. The number of fused-ring (bicyclic) bond motifs is 1. The second-order valence-corrected chi connectivity index (χ2v) is 7.02. The van der Waals surface area contributed by atoms with E-state index in [4.69, 9.17) is 4.74 Å². The lowest BCUT2D eigenvalue weighted by molar-refractivity contribution is 0.307. The van der Waals surface area contributed by atoms with Gasteiger partial charge in [-0.05, 0) is 32.3 Å². The minimum absolute atomic E-state index is 0.130. The van der Waals surface area contributed by atoms with E-state index in [1.54, 1.807) is 7.05 Å². The Hall–Kier alpha value is -2.74. The van der Waals surface area contributed by atoms with Crippen LogP contribution >= 0.6 is 0 Å². The van der Waals surface area contributed by atoms with E-state index in [-0.39, 0.29) is 5.92 Å². The molecule has 2 aromatic rings. The normalized spacial score (nSPS) is 19.4. The van der Waals surface area contributed by atoms with E-state index in [2.05, 4.69) is 67.5 Å². The second kappa shape index (κ2) is 5.96. The van der Waals surface area contributed by atoms with Gasteiger partial charge in [0.15, 0.2) is 0 Å². The van der Waals surface area contributed by atoms with E-state index in [9.17, 15) is 5.26 Å². The molecule has 1 aromatic heterocycles. The van der Waals surface area contributed by atoms with Crippen LogP contribution in [-0.4, -0.2) is 17.2 Å². The zero-order chi connectivity index (χ0) is 18.4. The molecule has 1 aromatic carbocycles. The fraction of sp³-hybridized carbons (Fsp3) is 0.400. The molecule has 1 aliphatic heterocycles. The standard InChI is InChI=1S/C20H24N4O/c1-11(2)20(15-8-12(3)7-13(4)9-15)16(10-21)18(22-6)25-19-17(20)14(5)23-24-19/h7-9,11,22H,1-6H3,(H,23,24). The Kier molecular flexibility index (Phi) is 4.08. The predicted octanol–water partition coefficient (Wildman–Crippen LogP) is 3.62. The van der Waals surface area contributed by atoms with Crippen LogP contribution in [0.2, 0.25) is 0 Å². The molecule has 0 saturated carbocycles. The number of hydrogen-bond donors (Lipinski definition) is 2. The van der Waals surface area contributed by atoms with Crippen LogP contribution in [-0.2, 0) is 5.41 Å². The van der Waals surface area contributed by atoms with E-state index >= 15 is 0 Å². The van der Waals surface area contributed by atoms with Crippen LogP contribution in [0, 0.1) is 38.0 Å². The van der Waals surface area contributed by atoms with Crippen LogP contribution in [0.3, 0.4) is 0 Å². The maximum absolute atomic E-state index is 10.1. The van der Waals surface area contributed by atoms with Gasteiger partial charge in [0.2, 0.25) is 11.8 Å². The molecule has 25 heavy (non-hydrogen) atoms. The molecule has 130 valence electrons. The van der Waals surface area contributed by atoms with Gasteiger partial charge >= 0.3 is 0 Å². The quantitative estimate of drug-likeness (QED) is 0.898. The molecule has 0 spiro atoms. The molecule has 5 heteroatoms. The van der Waals surface area contributed by atoms with Crippen molar-refractivity contribution in [2.24, 2.45) is 5.92 Å². The van der Waals surface area contributed by atoms with Crippen molar-refractivity contribution >= 4 is 0 Å². The van der Waals surface area contributed by atoms with Crippen LogP contribution in [0.25, 0.3) is 0 Å². The summed E-state index contributed by atoms with van der Waals surface area (Å²) in [5.41, 5.74) is 5.22. The molecule has 0 amide bonds. The number of nitrogens with one attached hydrogen (secondary N) is 2. The summed E-state index contributed by atoms with van der Waals surface area (Å²) in [5.74, 6) is 1.21. The van der Waals surface area contributed by atoms with Gasteiger partial charge in [0, 0.05) is 7.05 Å². The number of hydrogen-bond acceptors (Lipinski definition) is 4. The Balaban J connectivity index is 2.49. The molecule has 0 radical (unpaired) electrons. The first kappa shape index (κ1) is 17.1. The number of allylic oxidation sites excluding steroid dienone is 1. The van der Waals surface area contributed by atoms with Gasteiger partial charge in [-0.3, -0.25) is 0 Å². The highest BCUT2D eigenvalue weighted by molar-refractivity contribution is 5.62. The van der Waals surface area contributed by atoms with Gasteiger partial charge in [-0.25, -0.2) is 5.10 Å². The molecule has 0 fully saturated rings. The largest absolute Gasteiger partial charge is 0.422 e. The molecular formula is C20H24N4O. The molecule has 2 N–H and O–H groups in total. The van der Waals surface area contributed by atoms with Crippen molar-refractivity contribution in [3.05, 3.63) is 57.6 Å². The third-order valence-corrected chi connectivity index (χ3v) is 5.02. The molecular weight excluding hydrogens is 312 g/mol. The number of nitrogens with zero attached hydrogens (tertiary/aromatic N) is 2. The van der Waals surface area contributed by atoms with Gasteiger partial charge in [-0.2, -0.15) is 10.4 Å². The van der Waals surface area contributed by atoms with Crippen molar-refractivity contribution in [2.45, 2.75) is 40.0 Å². The average Bonchev–Trinajstić information content (AvgIpc) is 2.92. The number of nitriles is 1. The Labute approximate surface area is 148 Å². The molecule has 0 aliphatic carbocycles. The second-order valence-electron chi connectivity index (χ2n) is 7.02. The minimum atomic E-state index is -0.617. The van der Waals surface area contributed by atoms with E-state index in [0.29, 0.717) is 17.3 Å². The average molecular weight is 336 g/mol. The summed E-state index contributed by atoms with van der Waals surface area (Å²) in [5, 5.41) is 20.5. The highest BCUT2D eigenvalue weighted by Crippen LogP contribution is 2.52. The summed E-state index contributed by atoms with van der Waals surface area (Å²) >= 11 is 0. The van der Waals surface area contributed by atoms with Crippen molar-refractivity contribution in [1.29, 1.82) is 5.26 Å². The van der Waals surface area contributed by atoms with Gasteiger partial charge in [-0.1, -0.05) is 43.2 Å². The van der Waals surface area contributed by atoms with Crippen LogP contribution in [0.5, 0.6) is 5.88 Å². The first-order chi connectivity index (χ1) is 11.9. The third-order valence-electron chi connectivity index (χ3n) is 5.02. The maximum atomic E-state index is 10.1. The Morgan fingerprint density at radius 1 is 1.20 bits per heavy atom. The highest BCUT2D eigenvalue weighted by atomic mass is 16.5. The van der Waals surface area contributed by atoms with Crippen LogP contribution in [0.4, 0.5) is 0 Å². The lowest BCUT2D eigenvalue weighted by Gasteiger charge is -2.41. The number of aromatic nitrogens is 2. The van der Waals surface area contributed by atoms with E-state index < -0.39 is 5.41 Å². The number of H-pyrrole nitrogens is 1. The van der Waals surface area contributed by atoms with Gasteiger partial charge in [-0.15, -0.1) is 0 Å². The molecule has 3 rings (SSSR count). The first-order valence-electron chi connectivity index (χ1n) is 8.50. The zero-order valence-corrected chi connectivity index (χ0v) is 15.6. The fourth-order valence-corrected chi connectivity index (χ4v) is 4.12. The third kappa shape index (κ3) is 2.32. The lowest BCUT2D eigenvalue weighted by Crippen LogP contribution is -2.42. The van der Waals surface area contributed by atoms with E-state index in [1.807, 2.05) is 6.92 Å². The molecule has 1 unspecified atom stereocenters. The van der Waals surface area contributed by atoms with Crippen LogP contribution in [0.1, 0.15) is 41.8 Å². The van der Waals surface area contributed by atoms with Crippen molar-refractivity contribution < 1.29 is 4.74 Å². The smallest absolute Gasteiger partial charge is 0.222 e. The monoisotopic (exact) mass is 336 g/mol. The predicted molar refractivity (Wildman–Crippen MR) is 97.2 cm³/mol.